The highest BCUT2D eigenvalue weighted by atomic mass is 16.3. The molecule has 0 aromatic carbocycles. The fourth-order valence-corrected chi connectivity index (χ4v) is 2.11. The second kappa shape index (κ2) is 5.88. The van der Waals surface area contributed by atoms with Crippen LogP contribution in [0, 0.1) is 20.8 Å². The van der Waals surface area contributed by atoms with E-state index in [4.69, 9.17) is 4.42 Å². The molecule has 7 heteroatoms. The summed E-state index contributed by atoms with van der Waals surface area (Å²) in [5, 5.41) is 11.0. The normalized spacial score (nSPS) is 10.7. The van der Waals surface area contributed by atoms with E-state index in [0.29, 0.717) is 29.8 Å². The fraction of sp³-hybridized carbons (Fsp3) is 0.267. The molecule has 7 nitrogen and oxygen atoms in total. The van der Waals surface area contributed by atoms with E-state index >= 15 is 0 Å². The number of hydrogen-bond donors (Lipinski definition) is 1. The van der Waals surface area contributed by atoms with Gasteiger partial charge in [0.05, 0.1) is 12.7 Å². The Balaban J connectivity index is 1.75. The maximum absolute atomic E-state index is 5.54. The predicted octanol–water partition coefficient (Wildman–Crippen LogP) is 2.46. The van der Waals surface area contributed by atoms with Crippen LogP contribution in [0.3, 0.4) is 0 Å². The molecule has 112 valence electrons. The molecule has 3 aromatic rings. The van der Waals surface area contributed by atoms with Gasteiger partial charge in [0.1, 0.15) is 17.3 Å². The second-order valence-electron chi connectivity index (χ2n) is 5.00. The number of rotatable bonds is 4. The minimum Gasteiger partial charge on any atom is -0.460 e. The number of aromatic nitrogens is 5. The average Bonchev–Trinajstić information content (AvgIpc) is 2.91. The van der Waals surface area contributed by atoms with Crippen LogP contribution in [-0.4, -0.2) is 25.1 Å². The maximum atomic E-state index is 5.54. The molecule has 0 atom stereocenters. The standard InChI is InChI=1S/C15H16N6O/c1-9-6-10(2)19-14(18-9)8-16-15-20-12(7-17-21-15)13-5-4-11(3)22-13/h4-7H,8H2,1-3H3,(H,16,20,21). The zero-order valence-corrected chi connectivity index (χ0v) is 12.7. The summed E-state index contributed by atoms with van der Waals surface area (Å²) in [6.45, 7) is 6.20. The van der Waals surface area contributed by atoms with Gasteiger partial charge in [-0.25, -0.2) is 15.0 Å². The van der Waals surface area contributed by atoms with Crippen LogP contribution in [0.4, 0.5) is 5.95 Å². The summed E-state index contributed by atoms with van der Waals surface area (Å²) in [7, 11) is 0. The zero-order valence-electron chi connectivity index (χ0n) is 12.7. The SMILES string of the molecule is Cc1cc(C)nc(CNc2nncc(-c3ccc(C)o3)n2)n1. The van der Waals surface area contributed by atoms with Crippen LogP contribution in [0.1, 0.15) is 23.0 Å². The van der Waals surface area contributed by atoms with Gasteiger partial charge in [-0.3, -0.25) is 0 Å². The first kappa shape index (κ1) is 14.1. The number of aryl methyl sites for hydroxylation is 3. The lowest BCUT2D eigenvalue weighted by atomic mass is 10.3. The number of nitrogens with zero attached hydrogens (tertiary/aromatic N) is 5. The molecule has 0 aliphatic heterocycles. The first-order valence-electron chi connectivity index (χ1n) is 6.92. The summed E-state index contributed by atoms with van der Waals surface area (Å²) >= 11 is 0. The van der Waals surface area contributed by atoms with Gasteiger partial charge in [-0.1, -0.05) is 0 Å². The molecule has 0 saturated heterocycles. The third kappa shape index (κ3) is 3.25. The van der Waals surface area contributed by atoms with Gasteiger partial charge >= 0.3 is 0 Å². The molecule has 3 aromatic heterocycles. The molecule has 0 unspecified atom stereocenters. The largest absolute Gasteiger partial charge is 0.460 e. The molecule has 0 aliphatic rings. The van der Waals surface area contributed by atoms with Gasteiger partial charge in [0.25, 0.3) is 0 Å². The monoisotopic (exact) mass is 296 g/mol. The lowest BCUT2D eigenvalue weighted by Crippen LogP contribution is -2.09. The molecule has 0 spiro atoms. The smallest absolute Gasteiger partial charge is 0.243 e. The Morgan fingerprint density at radius 3 is 2.50 bits per heavy atom. The van der Waals surface area contributed by atoms with Crippen molar-refractivity contribution in [3.05, 3.63) is 47.4 Å². The van der Waals surface area contributed by atoms with E-state index in [9.17, 15) is 0 Å². The van der Waals surface area contributed by atoms with Gasteiger partial charge in [-0.05, 0) is 39.0 Å². The topological polar surface area (TPSA) is 89.6 Å². The van der Waals surface area contributed by atoms with E-state index in [1.807, 2.05) is 39.0 Å². The lowest BCUT2D eigenvalue weighted by molar-refractivity contribution is 0.545. The molecule has 22 heavy (non-hydrogen) atoms. The first-order valence-corrected chi connectivity index (χ1v) is 6.92. The van der Waals surface area contributed by atoms with Crippen molar-refractivity contribution in [2.45, 2.75) is 27.3 Å². The van der Waals surface area contributed by atoms with Crippen molar-refractivity contribution in [3.8, 4) is 11.5 Å². The van der Waals surface area contributed by atoms with Crippen molar-refractivity contribution in [1.82, 2.24) is 25.1 Å². The van der Waals surface area contributed by atoms with Crippen molar-refractivity contribution in [2.24, 2.45) is 0 Å². The highest BCUT2D eigenvalue weighted by Gasteiger charge is 2.07. The molecule has 0 radical (unpaired) electrons. The Hall–Kier alpha value is -2.83. The van der Waals surface area contributed by atoms with Gasteiger partial charge in [0, 0.05) is 11.4 Å². The lowest BCUT2D eigenvalue weighted by Gasteiger charge is -2.05. The van der Waals surface area contributed by atoms with Gasteiger partial charge in [-0.2, -0.15) is 5.10 Å². The molecule has 0 amide bonds. The first-order chi connectivity index (χ1) is 10.6. The molecule has 0 saturated carbocycles. The Morgan fingerprint density at radius 2 is 1.82 bits per heavy atom. The quantitative estimate of drug-likeness (QED) is 0.790. The Labute approximate surface area is 127 Å². The zero-order chi connectivity index (χ0) is 15.5. The Bertz CT molecular complexity index is 778. The minimum absolute atomic E-state index is 0.411. The average molecular weight is 296 g/mol. The number of hydrogen-bond acceptors (Lipinski definition) is 7. The van der Waals surface area contributed by atoms with E-state index in [-0.39, 0.29) is 0 Å². The summed E-state index contributed by atoms with van der Waals surface area (Å²) in [6.07, 6.45) is 1.57. The highest BCUT2D eigenvalue weighted by molar-refractivity contribution is 5.52. The molecular weight excluding hydrogens is 280 g/mol. The molecule has 0 bridgehead atoms. The van der Waals surface area contributed by atoms with E-state index in [0.717, 1.165) is 17.1 Å². The van der Waals surface area contributed by atoms with E-state index in [1.165, 1.54) is 0 Å². The summed E-state index contributed by atoms with van der Waals surface area (Å²) < 4.78 is 5.54. The van der Waals surface area contributed by atoms with E-state index in [2.05, 4.69) is 30.5 Å². The summed E-state index contributed by atoms with van der Waals surface area (Å²) in [4.78, 5) is 13.1. The van der Waals surface area contributed by atoms with Crippen LogP contribution in [0.5, 0.6) is 0 Å². The highest BCUT2D eigenvalue weighted by Crippen LogP contribution is 2.19. The third-order valence-electron chi connectivity index (χ3n) is 2.98. The number of anilines is 1. The van der Waals surface area contributed by atoms with Crippen molar-refractivity contribution in [2.75, 3.05) is 5.32 Å². The van der Waals surface area contributed by atoms with Crippen molar-refractivity contribution >= 4 is 5.95 Å². The molecule has 3 heterocycles. The number of furan rings is 1. The van der Waals surface area contributed by atoms with E-state index in [1.54, 1.807) is 6.20 Å². The molecular formula is C15H16N6O. The van der Waals surface area contributed by atoms with Crippen LogP contribution in [-0.2, 0) is 6.54 Å². The van der Waals surface area contributed by atoms with Crippen molar-refractivity contribution in [3.63, 3.8) is 0 Å². The van der Waals surface area contributed by atoms with Gasteiger partial charge in [0.15, 0.2) is 5.76 Å². The van der Waals surface area contributed by atoms with Crippen LogP contribution < -0.4 is 5.32 Å². The van der Waals surface area contributed by atoms with Crippen LogP contribution >= 0.6 is 0 Å². The summed E-state index contributed by atoms with van der Waals surface area (Å²) in [5.74, 6) is 2.60. The van der Waals surface area contributed by atoms with Crippen LogP contribution in [0.25, 0.3) is 11.5 Å². The van der Waals surface area contributed by atoms with E-state index < -0.39 is 0 Å². The second-order valence-corrected chi connectivity index (χ2v) is 5.00. The van der Waals surface area contributed by atoms with Crippen molar-refractivity contribution < 1.29 is 4.42 Å². The van der Waals surface area contributed by atoms with Crippen LogP contribution in [0.2, 0.25) is 0 Å². The minimum atomic E-state index is 0.411. The molecule has 0 aliphatic carbocycles. The summed E-state index contributed by atoms with van der Waals surface area (Å²) in [5.41, 5.74) is 2.50. The maximum Gasteiger partial charge on any atom is 0.243 e. The molecule has 3 rings (SSSR count). The van der Waals surface area contributed by atoms with Crippen LogP contribution in [0.15, 0.2) is 28.8 Å². The molecule has 1 N–H and O–H groups in total. The third-order valence-corrected chi connectivity index (χ3v) is 2.98. The van der Waals surface area contributed by atoms with Gasteiger partial charge in [-0.15, -0.1) is 5.10 Å². The van der Waals surface area contributed by atoms with Gasteiger partial charge in [0.2, 0.25) is 5.95 Å². The predicted molar refractivity (Wildman–Crippen MR) is 81.1 cm³/mol. The molecule has 0 fully saturated rings. The van der Waals surface area contributed by atoms with Gasteiger partial charge < -0.3 is 9.73 Å². The number of nitrogens with one attached hydrogen (secondary N) is 1. The Morgan fingerprint density at radius 1 is 1.05 bits per heavy atom. The van der Waals surface area contributed by atoms with Crippen molar-refractivity contribution in [1.29, 1.82) is 0 Å². The fourth-order valence-electron chi connectivity index (χ4n) is 2.11. The summed E-state index contributed by atoms with van der Waals surface area (Å²) in [6, 6.07) is 5.67. The Kier molecular flexibility index (Phi) is 3.78.